The fraction of sp³-hybridized carbons (Fsp3) is 0.192. The van der Waals surface area contributed by atoms with Crippen LogP contribution in [0.5, 0.6) is 0 Å². The Balaban J connectivity index is 1.68. The first kappa shape index (κ1) is 26.0. The van der Waals surface area contributed by atoms with Gasteiger partial charge in [0.2, 0.25) is 0 Å². The Labute approximate surface area is 214 Å². The lowest BCUT2D eigenvalue weighted by Gasteiger charge is -2.36. The van der Waals surface area contributed by atoms with Crippen molar-refractivity contribution in [3.63, 3.8) is 0 Å². The number of H-pyrrole nitrogens is 1. The summed E-state index contributed by atoms with van der Waals surface area (Å²) in [5.74, 6) is -5.64. The molecule has 2 heterocycles. The second kappa shape index (κ2) is 10.1. The van der Waals surface area contributed by atoms with E-state index in [4.69, 9.17) is 22.3 Å². The molecule has 2 aromatic carbocycles. The van der Waals surface area contributed by atoms with Crippen LogP contribution in [0.15, 0.2) is 42.1 Å². The topological polar surface area (TPSA) is 95.8 Å². The molecule has 0 radical (unpaired) electrons. The highest BCUT2D eigenvalue weighted by Gasteiger charge is 2.34. The van der Waals surface area contributed by atoms with Gasteiger partial charge in [-0.1, -0.05) is 11.6 Å². The number of hydrogen-bond donors (Lipinski definition) is 3. The molecule has 3 aromatic rings. The molecule has 1 saturated heterocycles. The number of benzene rings is 2. The minimum absolute atomic E-state index is 0.00821. The standard InChI is InChI=1S/C26H20ClF4N5O/c1-12-24(33)17(25(34-2)13-6-20(29)23(31)21(30)7-13)3-4-36(12)26(37)19-9-15(28)8-18(22(19)27)14-5-16(10-32)35-11-14/h5-9,11-12,33-35H,3-4H2,1-2H3/b25-17-,33-24?/t12-/m0/s1. The number of carbonyl (C=O) groups excluding carboxylic acids is 1. The SMILES string of the molecule is CN/C(=C1/CCN(C(=O)c2cc(F)cc(-c3c[nH]c(C#N)c3)c2Cl)[C@@H](C)C1=N)c1cc(F)c(F)c(F)c1. The molecular weight excluding hydrogens is 510 g/mol. The minimum Gasteiger partial charge on any atom is -0.387 e. The summed E-state index contributed by atoms with van der Waals surface area (Å²) < 4.78 is 55.7. The number of aromatic amines is 1. The zero-order chi connectivity index (χ0) is 27.0. The number of carbonyl (C=O) groups is 1. The van der Waals surface area contributed by atoms with Crippen molar-refractivity contribution in [3.8, 4) is 17.2 Å². The molecule has 11 heteroatoms. The number of nitriles is 1. The lowest BCUT2D eigenvalue weighted by atomic mass is 9.90. The summed E-state index contributed by atoms with van der Waals surface area (Å²) >= 11 is 6.50. The van der Waals surface area contributed by atoms with Gasteiger partial charge in [-0.2, -0.15) is 5.26 Å². The summed E-state index contributed by atoms with van der Waals surface area (Å²) in [4.78, 5) is 17.5. The largest absolute Gasteiger partial charge is 0.387 e. The number of aromatic nitrogens is 1. The molecule has 1 amide bonds. The third-order valence-electron chi connectivity index (χ3n) is 6.28. The Hall–Kier alpha value is -4.10. The van der Waals surface area contributed by atoms with Gasteiger partial charge in [-0.25, -0.2) is 17.6 Å². The van der Waals surface area contributed by atoms with E-state index in [2.05, 4.69) is 10.3 Å². The average Bonchev–Trinajstić information content (AvgIpc) is 3.35. The highest BCUT2D eigenvalue weighted by molar-refractivity contribution is 6.36. The third-order valence-corrected chi connectivity index (χ3v) is 6.69. The molecule has 1 atom stereocenters. The molecule has 0 spiro atoms. The Morgan fingerprint density at radius 3 is 2.46 bits per heavy atom. The van der Waals surface area contributed by atoms with Crippen LogP contribution in [0.3, 0.4) is 0 Å². The molecular formula is C26H20ClF4N5O. The molecule has 37 heavy (non-hydrogen) atoms. The summed E-state index contributed by atoms with van der Waals surface area (Å²) in [6, 6.07) is 6.45. The first-order valence-corrected chi connectivity index (χ1v) is 11.5. The van der Waals surface area contributed by atoms with Gasteiger partial charge in [0.25, 0.3) is 5.91 Å². The van der Waals surface area contributed by atoms with Gasteiger partial charge in [0, 0.05) is 47.7 Å². The van der Waals surface area contributed by atoms with Crippen LogP contribution in [0.2, 0.25) is 5.02 Å². The van der Waals surface area contributed by atoms with Crippen molar-refractivity contribution < 1.29 is 22.4 Å². The predicted molar refractivity (Wildman–Crippen MR) is 131 cm³/mol. The number of amides is 1. The monoisotopic (exact) mass is 529 g/mol. The number of likely N-dealkylation sites (tertiary alicyclic amines) is 1. The van der Waals surface area contributed by atoms with Crippen LogP contribution in [0.25, 0.3) is 16.8 Å². The number of nitrogens with zero attached hydrogens (tertiary/aromatic N) is 2. The summed E-state index contributed by atoms with van der Waals surface area (Å²) in [6.07, 6.45) is 1.61. The minimum atomic E-state index is -1.59. The van der Waals surface area contributed by atoms with Gasteiger partial charge in [-0.05, 0) is 43.7 Å². The first-order chi connectivity index (χ1) is 17.6. The smallest absolute Gasteiger partial charge is 0.256 e. The molecule has 6 nitrogen and oxygen atoms in total. The van der Waals surface area contributed by atoms with Gasteiger partial charge in [0.1, 0.15) is 17.6 Å². The van der Waals surface area contributed by atoms with Crippen LogP contribution >= 0.6 is 11.6 Å². The summed E-state index contributed by atoms with van der Waals surface area (Å²) in [7, 11) is 1.50. The number of piperidine rings is 1. The van der Waals surface area contributed by atoms with Crippen LogP contribution in [0, 0.1) is 40.0 Å². The highest BCUT2D eigenvalue weighted by Crippen LogP contribution is 2.35. The normalized spacial score (nSPS) is 17.0. The molecule has 1 aliphatic rings. The molecule has 1 aliphatic heterocycles. The summed E-state index contributed by atoms with van der Waals surface area (Å²) in [5.41, 5.74) is 1.41. The van der Waals surface area contributed by atoms with Crippen molar-refractivity contribution in [2.24, 2.45) is 0 Å². The summed E-state index contributed by atoms with van der Waals surface area (Å²) in [6.45, 7) is 1.69. The summed E-state index contributed by atoms with van der Waals surface area (Å²) in [5, 5.41) is 20.5. The van der Waals surface area contributed by atoms with Crippen molar-refractivity contribution in [1.29, 1.82) is 10.7 Å². The molecule has 1 fully saturated rings. The molecule has 190 valence electrons. The van der Waals surface area contributed by atoms with Crippen LogP contribution in [-0.4, -0.2) is 41.1 Å². The van der Waals surface area contributed by atoms with Crippen LogP contribution in [0.1, 0.15) is 35.0 Å². The molecule has 0 bridgehead atoms. The van der Waals surface area contributed by atoms with Crippen LogP contribution in [0.4, 0.5) is 17.6 Å². The Morgan fingerprint density at radius 1 is 1.19 bits per heavy atom. The van der Waals surface area contributed by atoms with Crippen molar-refractivity contribution in [2.45, 2.75) is 19.4 Å². The van der Waals surface area contributed by atoms with E-state index in [1.807, 2.05) is 6.07 Å². The van der Waals surface area contributed by atoms with E-state index in [0.717, 1.165) is 24.3 Å². The zero-order valence-corrected chi connectivity index (χ0v) is 20.4. The molecule has 0 unspecified atom stereocenters. The zero-order valence-electron chi connectivity index (χ0n) is 19.6. The van der Waals surface area contributed by atoms with Crippen LogP contribution < -0.4 is 5.32 Å². The van der Waals surface area contributed by atoms with Gasteiger partial charge in [0.05, 0.1) is 22.3 Å². The van der Waals surface area contributed by atoms with Gasteiger partial charge in [-0.15, -0.1) is 0 Å². The van der Waals surface area contributed by atoms with E-state index in [-0.39, 0.29) is 51.8 Å². The Bertz CT molecular complexity index is 1480. The van der Waals surface area contributed by atoms with Gasteiger partial charge < -0.3 is 20.6 Å². The fourth-order valence-electron chi connectivity index (χ4n) is 4.40. The maximum Gasteiger partial charge on any atom is 0.256 e. The lowest BCUT2D eigenvalue weighted by Crippen LogP contribution is -2.48. The van der Waals surface area contributed by atoms with E-state index >= 15 is 0 Å². The maximum atomic E-state index is 14.5. The van der Waals surface area contributed by atoms with E-state index in [0.29, 0.717) is 11.1 Å². The van der Waals surface area contributed by atoms with Crippen molar-refractivity contribution >= 4 is 28.9 Å². The number of hydrogen-bond acceptors (Lipinski definition) is 4. The molecule has 0 saturated carbocycles. The van der Waals surface area contributed by atoms with Gasteiger partial charge >= 0.3 is 0 Å². The Kier molecular flexibility index (Phi) is 7.09. The second-order valence-electron chi connectivity index (χ2n) is 8.42. The molecule has 0 aliphatic carbocycles. The van der Waals surface area contributed by atoms with E-state index < -0.39 is 35.2 Å². The van der Waals surface area contributed by atoms with Crippen LogP contribution in [-0.2, 0) is 0 Å². The van der Waals surface area contributed by atoms with E-state index in [9.17, 15) is 22.4 Å². The van der Waals surface area contributed by atoms with Gasteiger partial charge in [-0.3, -0.25) is 4.79 Å². The lowest BCUT2D eigenvalue weighted by molar-refractivity contribution is 0.0728. The second-order valence-corrected chi connectivity index (χ2v) is 8.80. The first-order valence-electron chi connectivity index (χ1n) is 11.1. The molecule has 3 N–H and O–H groups in total. The fourth-order valence-corrected chi connectivity index (χ4v) is 4.70. The maximum absolute atomic E-state index is 14.5. The van der Waals surface area contributed by atoms with Crippen molar-refractivity contribution in [1.82, 2.24) is 15.2 Å². The Morgan fingerprint density at radius 2 is 1.86 bits per heavy atom. The quantitative estimate of drug-likeness (QED) is 0.301. The average molecular weight is 530 g/mol. The number of rotatable bonds is 4. The molecule has 1 aromatic heterocycles. The van der Waals surface area contributed by atoms with Crippen molar-refractivity contribution in [3.05, 3.63) is 87.2 Å². The highest BCUT2D eigenvalue weighted by atomic mass is 35.5. The molecule has 4 rings (SSSR count). The van der Waals surface area contributed by atoms with Gasteiger partial charge in [0.15, 0.2) is 17.5 Å². The number of halogens is 5. The van der Waals surface area contributed by atoms with Crippen molar-refractivity contribution in [2.75, 3.05) is 13.6 Å². The van der Waals surface area contributed by atoms with E-state index in [1.54, 1.807) is 6.92 Å². The van der Waals surface area contributed by atoms with E-state index in [1.165, 1.54) is 24.2 Å². The third kappa shape index (κ3) is 4.70. The number of nitrogens with one attached hydrogen (secondary N) is 3. The predicted octanol–water partition coefficient (Wildman–Crippen LogP) is 5.65.